The summed E-state index contributed by atoms with van der Waals surface area (Å²) in [6, 6.07) is 0.428. The minimum atomic E-state index is -3.05. The Morgan fingerprint density at radius 3 is 2.65 bits per heavy atom. The summed E-state index contributed by atoms with van der Waals surface area (Å²) in [6.07, 6.45) is 8.59. The van der Waals surface area contributed by atoms with Crippen LogP contribution in [0.4, 0.5) is 0 Å². The van der Waals surface area contributed by atoms with Crippen molar-refractivity contribution in [2.45, 2.75) is 25.3 Å². The smallest absolute Gasteiger partial charge is 0.211 e. The SMILES string of the molecule is CN=C(NCC1CCN(S(C)(=O)=O)C1)NC1CC=CC1. The summed E-state index contributed by atoms with van der Waals surface area (Å²) >= 11 is 0. The van der Waals surface area contributed by atoms with E-state index in [2.05, 4.69) is 27.8 Å². The topological polar surface area (TPSA) is 73.8 Å². The maximum atomic E-state index is 11.5. The number of guanidine groups is 1. The maximum Gasteiger partial charge on any atom is 0.211 e. The number of nitrogens with zero attached hydrogens (tertiary/aromatic N) is 2. The van der Waals surface area contributed by atoms with Gasteiger partial charge in [0.2, 0.25) is 10.0 Å². The van der Waals surface area contributed by atoms with E-state index in [1.807, 2.05) is 0 Å². The maximum absolute atomic E-state index is 11.5. The van der Waals surface area contributed by atoms with Crippen LogP contribution in [0, 0.1) is 5.92 Å². The lowest BCUT2D eigenvalue weighted by molar-refractivity contribution is 0.458. The van der Waals surface area contributed by atoms with Crippen molar-refractivity contribution in [2.75, 3.05) is 32.9 Å². The molecule has 7 heteroatoms. The summed E-state index contributed by atoms with van der Waals surface area (Å²) in [5.41, 5.74) is 0. The van der Waals surface area contributed by atoms with Crippen LogP contribution in [0.3, 0.4) is 0 Å². The van der Waals surface area contributed by atoms with Gasteiger partial charge in [0.25, 0.3) is 0 Å². The zero-order valence-corrected chi connectivity index (χ0v) is 13.0. The molecule has 1 fully saturated rings. The van der Waals surface area contributed by atoms with Crippen molar-refractivity contribution in [3.8, 4) is 0 Å². The lowest BCUT2D eigenvalue weighted by Crippen LogP contribution is -2.44. The van der Waals surface area contributed by atoms with Crippen LogP contribution in [0.15, 0.2) is 17.1 Å². The second kappa shape index (κ2) is 6.58. The molecule has 1 aliphatic heterocycles. The summed E-state index contributed by atoms with van der Waals surface area (Å²) in [5.74, 6) is 1.15. The quantitative estimate of drug-likeness (QED) is 0.440. The average molecular weight is 300 g/mol. The van der Waals surface area contributed by atoms with Crippen molar-refractivity contribution in [3.63, 3.8) is 0 Å². The summed E-state index contributed by atoms with van der Waals surface area (Å²) in [7, 11) is -1.29. The van der Waals surface area contributed by atoms with Crippen LogP contribution in [0.25, 0.3) is 0 Å². The van der Waals surface area contributed by atoms with E-state index in [9.17, 15) is 8.42 Å². The van der Waals surface area contributed by atoms with Crippen LogP contribution in [0.5, 0.6) is 0 Å². The molecule has 0 radical (unpaired) electrons. The molecule has 1 aliphatic carbocycles. The highest BCUT2D eigenvalue weighted by molar-refractivity contribution is 7.88. The normalized spacial score (nSPS) is 25.3. The molecule has 0 bridgehead atoms. The van der Waals surface area contributed by atoms with Gasteiger partial charge in [-0.2, -0.15) is 0 Å². The van der Waals surface area contributed by atoms with Gasteiger partial charge in [0, 0.05) is 32.7 Å². The van der Waals surface area contributed by atoms with E-state index in [0.29, 0.717) is 25.0 Å². The molecule has 0 saturated carbocycles. The number of hydrogen-bond donors (Lipinski definition) is 2. The third-order valence-corrected chi connectivity index (χ3v) is 5.12. The Hall–Kier alpha value is -1.08. The fourth-order valence-electron chi connectivity index (χ4n) is 2.63. The molecule has 1 heterocycles. The second-order valence-electron chi connectivity index (χ2n) is 5.51. The number of nitrogens with one attached hydrogen (secondary N) is 2. The fourth-order valence-corrected chi connectivity index (χ4v) is 3.55. The van der Waals surface area contributed by atoms with E-state index < -0.39 is 10.0 Å². The standard InChI is InChI=1S/C13H24N4O2S/c1-14-13(16-12-5-3-4-6-12)15-9-11-7-8-17(10-11)20(2,18)19/h3-4,11-12H,5-10H2,1-2H3,(H2,14,15,16). The van der Waals surface area contributed by atoms with Gasteiger partial charge in [-0.1, -0.05) is 12.2 Å². The molecular weight excluding hydrogens is 276 g/mol. The van der Waals surface area contributed by atoms with Gasteiger partial charge in [-0.25, -0.2) is 12.7 Å². The summed E-state index contributed by atoms with van der Waals surface area (Å²) in [4.78, 5) is 4.22. The first-order valence-corrected chi connectivity index (χ1v) is 8.91. The third-order valence-electron chi connectivity index (χ3n) is 3.85. The zero-order valence-electron chi connectivity index (χ0n) is 12.2. The molecule has 1 unspecified atom stereocenters. The first-order chi connectivity index (χ1) is 9.49. The largest absolute Gasteiger partial charge is 0.356 e. The number of hydrogen-bond acceptors (Lipinski definition) is 3. The molecule has 2 rings (SSSR count). The molecule has 1 atom stereocenters. The van der Waals surface area contributed by atoms with Gasteiger partial charge in [-0.15, -0.1) is 0 Å². The molecule has 20 heavy (non-hydrogen) atoms. The highest BCUT2D eigenvalue weighted by atomic mass is 32.2. The molecule has 2 aliphatic rings. The Kier molecular flexibility index (Phi) is 5.04. The Bertz CT molecular complexity index is 479. The lowest BCUT2D eigenvalue weighted by Gasteiger charge is -2.19. The number of sulfonamides is 1. The van der Waals surface area contributed by atoms with Gasteiger partial charge in [-0.3, -0.25) is 4.99 Å². The van der Waals surface area contributed by atoms with Crippen molar-refractivity contribution >= 4 is 16.0 Å². The Balaban J connectivity index is 1.74. The Morgan fingerprint density at radius 2 is 2.10 bits per heavy atom. The molecule has 0 spiro atoms. The predicted molar refractivity (Wildman–Crippen MR) is 81.2 cm³/mol. The van der Waals surface area contributed by atoms with E-state index in [1.165, 1.54) is 6.26 Å². The predicted octanol–water partition coefficient (Wildman–Crippen LogP) is 0.152. The van der Waals surface area contributed by atoms with Gasteiger partial charge >= 0.3 is 0 Å². The van der Waals surface area contributed by atoms with E-state index >= 15 is 0 Å². The number of rotatable bonds is 4. The minimum absolute atomic E-state index is 0.352. The molecule has 6 nitrogen and oxygen atoms in total. The summed E-state index contributed by atoms with van der Waals surface area (Å²) in [5, 5.41) is 6.68. The zero-order chi connectivity index (χ0) is 14.6. The van der Waals surface area contributed by atoms with Gasteiger partial charge in [0.15, 0.2) is 5.96 Å². The summed E-state index contributed by atoms with van der Waals surface area (Å²) < 4.78 is 24.5. The highest BCUT2D eigenvalue weighted by Crippen LogP contribution is 2.17. The molecule has 0 aromatic rings. The summed E-state index contributed by atoms with van der Waals surface area (Å²) in [6.45, 7) is 1.99. The lowest BCUT2D eigenvalue weighted by atomic mass is 10.1. The van der Waals surface area contributed by atoms with Crippen molar-refractivity contribution in [2.24, 2.45) is 10.9 Å². The Morgan fingerprint density at radius 1 is 1.40 bits per heavy atom. The molecule has 1 saturated heterocycles. The molecular formula is C13H24N4O2S. The van der Waals surface area contributed by atoms with Crippen molar-refractivity contribution in [1.29, 1.82) is 0 Å². The van der Waals surface area contributed by atoms with E-state index in [1.54, 1.807) is 11.4 Å². The third kappa shape index (κ3) is 4.21. The monoisotopic (exact) mass is 300 g/mol. The molecule has 0 amide bonds. The van der Waals surface area contributed by atoms with Crippen LogP contribution >= 0.6 is 0 Å². The van der Waals surface area contributed by atoms with Gasteiger partial charge < -0.3 is 10.6 Å². The van der Waals surface area contributed by atoms with Gasteiger partial charge in [0.1, 0.15) is 0 Å². The van der Waals surface area contributed by atoms with Gasteiger partial charge in [0.05, 0.1) is 6.26 Å². The average Bonchev–Trinajstić information content (AvgIpc) is 3.04. The van der Waals surface area contributed by atoms with Crippen molar-refractivity contribution < 1.29 is 8.42 Å². The number of aliphatic imine (C=N–C) groups is 1. The van der Waals surface area contributed by atoms with Crippen molar-refractivity contribution in [3.05, 3.63) is 12.2 Å². The second-order valence-corrected chi connectivity index (χ2v) is 7.50. The van der Waals surface area contributed by atoms with E-state index in [-0.39, 0.29) is 0 Å². The first kappa shape index (κ1) is 15.3. The Labute approximate surface area is 121 Å². The molecule has 0 aromatic carbocycles. The van der Waals surface area contributed by atoms with Crippen LogP contribution in [0.2, 0.25) is 0 Å². The van der Waals surface area contributed by atoms with Crippen LogP contribution in [0.1, 0.15) is 19.3 Å². The van der Waals surface area contributed by atoms with Crippen molar-refractivity contribution in [1.82, 2.24) is 14.9 Å². The highest BCUT2D eigenvalue weighted by Gasteiger charge is 2.28. The van der Waals surface area contributed by atoms with Crippen LogP contribution in [-0.2, 0) is 10.0 Å². The van der Waals surface area contributed by atoms with E-state index in [0.717, 1.165) is 31.8 Å². The van der Waals surface area contributed by atoms with Crippen LogP contribution < -0.4 is 10.6 Å². The first-order valence-electron chi connectivity index (χ1n) is 7.06. The molecule has 114 valence electrons. The van der Waals surface area contributed by atoms with E-state index in [4.69, 9.17) is 0 Å². The fraction of sp³-hybridized carbons (Fsp3) is 0.769. The molecule has 2 N–H and O–H groups in total. The minimum Gasteiger partial charge on any atom is -0.356 e. The molecule has 0 aromatic heterocycles. The van der Waals surface area contributed by atoms with Crippen LogP contribution in [-0.4, -0.2) is 57.7 Å². The van der Waals surface area contributed by atoms with Gasteiger partial charge in [-0.05, 0) is 25.2 Å².